The Morgan fingerprint density at radius 2 is 2.15 bits per heavy atom. The molecule has 0 atom stereocenters. The molecule has 2 heterocycles. The van der Waals surface area contributed by atoms with Crippen LogP contribution in [0, 0.1) is 0 Å². The van der Waals surface area contributed by atoms with Gasteiger partial charge < -0.3 is 15.5 Å². The van der Waals surface area contributed by atoms with Gasteiger partial charge >= 0.3 is 0 Å². The van der Waals surface area contributed by atoms with E-state index in [1.165, 1.54) is 4.90 Å². The van der Waals surface area contributed by atoms with Gasteiger partial charge in [0, 0.05) is 20.6 Å². The average molecular weight is 277 g/mol. The molecule has 1 amide bonds. The van der Waals surface area contributed by atoms with Gasteiger partial charge in [0.25, 0.3) is 0 Å². The molecule has 0 spiro atoms. The van der Waals surface area contributed by atoms with E-state index in [-0.39, 0.29) is 12.5 Å². The van der Waals surface area contributed by atoms with Gasteiger partial charge in [0.15, 0.2) is 5.65 Å². The number of nitrogens with one attached hydrogen (secondary N) is 3. The van der Waals surface area contributed by atoms with Crippen LogP contribution in [0.5, 0.6) is 0 Å². The number of aromatic amines is 1. The number of hydrogen-bond acceptors (Lipinski definition) is 6. The summed E-state index contributed by atoms with van der Waals surface area (Å²) in [5.74, 6) is 1.09. The van der Waals surface area contributed by atoms with E-state index < -0.39 is 0 Å². The Kier molecular flexibility index (Phi) is 4.34. The highest BCUT2D eigenvalue weighted by Gasteiger charge is 2.11. The topological polar surface area (TPSA) is 98.8 Å². The summed E-state index contributed by atoms with van der Waals surface area (Å²) >= 11 is 0. The molecule has 0 saturated carbocycles. The molecule has 0 aromatic carbocycles. The quantitative estimate of drug-likeness (QED) is 0.718. The fraction of sp³-hybridized carbons (Fsp3) is 0.500. The lowest BCUT2D eigenvalue weighted by Crippen LogP contribution is -2.29. The summed E-state index contributed by atoms with van der Waals surface area (Å²) < 4.78 is 0. The second-order valence-corrected chi connectivity index (χ2v) is 4.60. The summed E-state index contributed by atoms with van der Waals surface area (Å²) in [5, 5.41) is 13.7. The number of anilines is 2. The molecule has 0 fully saturated rings. The monoisotopic (exact) mass is 277 g/mol. The van der Waals surface area contributed by atoms with Gasteiger partial charge in [0.2, 0.25) is 11.9 Å². The van der Waals surface area contributed by atoms with E-state index in [0.717, 1.165) is 18.4 Å². The summed E-state index contributed by atoms with van der Waals surface area (Å²) in [4.78, 5) is 21.9. The van der Waals surface area contributed by atoms with E-state index in [9.17, 15) is 4.79 Å². The van der Waals surface area contributed by atoms with Crippen LogP contribution in [0.1, 0.15) is 13.3 Å². The minimum atomic E-state index is -0.0247. The number of carbonyl (C=O) groups is 1. The van der Waals surface area contributed by atoms with Crippen LogP contribution in [-0.4, -0.2) is 58.2 Å². The average Bonchev–Trinajstić information content (AvgIpc) is 2.90. The molecule has 2 rings (SSSR count). The van der Waals surface area contributed by atoms with Crippen molar-refractivity contribution in [2.24, 2.45) is 0 Å². The van der Waals surface area contributed by atoms with E-state index in [2.05, 4.69) is 37.7 Å². The van der Waals surface area contributed by atoms with Crippen molar-refractivity contribution >= 4 is 28.7 Å². The lowest BCUT2D eigenvalue weighted by Gasteiger charge is -2.12. The molecule has 20 heavy (non-hydrogen) atoms. The van der Waals surface area contributed by atoms with E-state index in [1.807, 2.05) is 0 Å². The Morgan fingerprint density at radius 3 is 2.85 bits per heavy atom. The number of likely N-dealkylation sites (N-methyl/N-ethyl adjacent to an activating group) is 1. The van der Waals surface area contributed by atoms with Crippen molar-refractivity contribution in [2.75, 3.05) is 37.8 Å². The second kappa shape index (κ2) is 6.18. The number of aromatic nitrogens is 4. The smallest absolute Gasteiger partial charge is 0.241 e. The summed E-state index contributed by atoms with van der Waals surface area (Å²) in [7, 11) is 3.43. The lowest BCUT2D eigenvalue weighted by molar-refractivity contribution is -0.126. The highest BCUT2D eigenvalue weighted by Crippen LogP contribution is 2.19. The van der Waals surface area contributed by atoms with E-state index in [4.69, 9.17) is 0 Å². The van der Waals surface area contributed by atoms with Crippen LogP contribution >= 0.6 is 0 Å². The normalized spacial score (nSPS) is 10.6. The molecule has 2 aromatic rings. The van der Waals surface area contributed by atoms with Gasteiger partial charge in [-0.1, -0.05) is 6.92 Å². The Hall–Kier alpha value is -2.38. The molecular weight excluding hydrogens is 258 g/mol. The summed E-state index contributed by atoms with van der Waals surface area (Å²) in [6.07, 6.45) is 2.62. The van der Waals surface area contributed by atoms with Gasteiger partial charge in [-0.25, -0.2) is 0 Å². The molecule has 3 N–H and O–H groups in total. The first kappa shape index (κ1) is 14.0. The van der Waals surface area contributed by atoms with Crippen LogP contribution < -0.4 is 10.6 Å². The SMILES string of the molecule is CCCNc1nc(NCC(=O)N(C)C)c2cn[nH]c2n1. The number of fused-ring (bicyclic) bond motifs is 1. The molecular formula is C12H19N7O. The van der Waals surface area contributed by atoms with Gasteiger partial charge in [-0.15, -0.1) is 0 Å². The third-order valence-corrected chi connectivity index (χ3v) is 2.75. The molecule has 0 saturated heterocycles. The van der Waals surface area contributed by atoms with Crippen molar-refractivity contribution in [2.45, 2.75) is 13.3 Å². The number of amides is 1. The minimum absolute atomic E-state index is 0.0247. The molecule has 0 radical (unpaired) electrons. The fourth-order valence-electron chi connectivity index (χ4n) is 1.60. The largest absolute Gasteiger partial charge is 0.360 e. The van der Waals surface area contributed by atoms with Gasteiger partial charge in [-0.3, -0.25) is 9.89 Å². The molecule has 108 valence electrons. The van der Waals surface area contributed by atoms with E-state index in [1.54, 1.807) is 20.3 Å². The van der Waals surface area contributed by atoms with Crippen molar-refractivity contribution in [3.8, 4) is 0 Å². The maximum Gasteiger partial charge on any atom is 0.241 e. The van der Waals surface area contributed by atoms with Gasteiger partial charge in [0.1, 0.15) is 5.82 Å². The Bertz CT molecular complexity index is 593. The summed E-state index contributed by atoms with van der Waals surface area (Å²) in [6.45, 7) is 3.03. The second-order valence-electron chi connectivity index (χ2n) is 4.60. The number of H-pyrrole nitrogens is 1. The molecule has 0 aliphatic rings. The first-order valence-electron chi connectivity index (χ1n) is 6.50. The predicted octanol–water partition coefficient (Wildman–Crippen LogP) is 0.675. The number of nitrogens with zero attached hydrogens (tertiary/aromatic N) is 4. The fourth-order valence-corrected chi connectivity index (χ4v) is 1.60. The van der Waals surface area contributed by atoms with Gasteiger partial charge in [0.05, 0.1) is 18.1 Å². The Morgan fingerprint density at radius 1 is 1.35 bits per heavy atom. The molecule has 0 aliphatic carbocycles. The molecule has 0 bridgehead atoms. The maximum absolute atomic E-state index is 11.6. The van der Waals surface area contributed by atoms with Crippen molar-refractivity contribution in [3.63, 3.8) is 0 Å². The zero-order valence-corrected chi connectivity index (χ0v) is 11.9. The van der Waals surface area contributed by atoms with Crippen molar-refractivity contribution in [1.29, 1.82) is 0 Å². The van der Waals surface area contributed by atoms with Crippen LogP contribution in [0.25, 0.3) is 11.0 Å². The minimum Gasteiger partial charge on any atom is -0.360 e. The first-order chi connectivity index (χ1) is 9.61. The van der Waals surface area contributed by atoms with Crippen molar-refractivity contribution in [1.82, 2.24) is 25.1 Å². The van der Waals surface area contributed by atoms with Crippen molar-refractivity contribution in [3.05, 3.63) is 6.20 Å². The zero-order valence-electron chi connectivity index (χ0n) is 11.9. The number of hydrogen-bond donors (Lipinski definition) is 3. The third kappa shape index (κ3) is 3.14. The zero-order chi connectivity index (χ0) is 14.5. The van der Waals surface area contributed by atoms with Crippen LogP contribution in [0.15, 0.2) is 6.20 Å². The van der Waals surface area contributed by atoms with Crippen LogP contribution in [0.3, 0.4) is 0 Å². The Balaban J connectivity index is 2.21. The summed E-state index contributed by atoms with van der Waals surface area (Å²) in [5.41, 5.74) is 0.637. The van der Waals surface area contributed by atoms with Crippen LogP contribution in [0.4, 0.5) is 11.8 Å². The van der Waals surface area contributed by atoms with E-state index >= 15 is 0 Å². The van der Waals surface area contributed by atoms with Gasteiger partial charge in [-0.2, -0.15) is 15.1 Å². The molecule has 0 aliphatic heterocycles. The first-order valence-corrected chi connectivity index (χ1v) is 6.50. The van der Waals surface area contributed by atoms with Crippen LogP contribution in [0.2, 0.25) is 0 Å². The molecule has 0 unspecified atom stereocenters. The lowest BCUT2D eigenvalue weighted by atomic mass is 10.4. The van der Waals surface area contributed by atoms with E-state index in [0.29, 0.717) is 17.4 Å². The highest BCUT2D eigenvalue weighted by molar-refractivity contribution is 5.89. The highest BCUT2D eigenvalue weighted by atomic mass is 16.2. The Labute approximate surface area is 117 Å². The van der Waals surface area contributed by atoms with Gasteiger partial charge in [-0.05, 0) is 6.42 Å². The molecule has 8 heteroatoms. The predicted molar refractivity (Wildman–Crippen MR) is 77.6 cm³/mol. The number of rotatable bonds is 6. The van der Waals surface area contributed by atoms with Crippen molar-refractivity contribution < 1.29 is 4.79 Å². The standard InChI is InChI=1S/C12H19N7O/c1-4-5-13-12-16-10(14-7-9(20)19(2)3)8-6-15-18-11(8)17-12/h6H,4-5,7H2,1-3H3,(H3,13,14,15,16,17,18). The molecule has 8 nitrogen and oxygen atoms in total. The maximum atomic E-state index is 11.6. The summed E-state index contributed by atoms with van der Waals surface area (Å²) in [6, 6.07) is 0. The third-order valence-electron chi connectivity index (χ3n) is 2.75. The van der Waals surface area contributed by atoms with Crippen LogP contribution in [-0.2, 0) is 4.79 Å². The number of carbonyl (C=O) groups excluding carboxylic acids is 1. The molecule has 2 aromatic heterocycles.